The van der Waals surface area contributed by atoms with E-state index in [0.29, 0.717) is 28.2 Å². The Morgan fingerprint density at radius 3 is 2.45 bits per heavy atom. The van der Waals surface area contributed by atoms with Crippen LogP contribution in [0.1, 0.15) is 5.56 Å². The molecule has 0 heterocycles. The highest BCUT2D eigenvalue weighted by molar-refractivity contribution is 9.10. The fourth-order valence-corrected chi connectivity index (χ4v) is 2.15. The molecule has 3 nitrogen and oxygen atoms in total. The quantitative estimate of drug-likeness (QED) is 0.884. The van der Waals surface area contributed by atoms with Crippen molar-refractivity contribution in [2.75, 3.05) is 19.5 Å². The first-order chi connectivity index (χ1) is 9.63. The standard InChI is InChI=1S/C15H15BrFNO2/c1-19-14-6-3-10(7-15(14)20-2)9-18-13-5-4-11(16)8-12(13)17/h3-8,18H,9H2,1-2H3. The molecular formula is C15H15BrFNO2. The monoisotopic (exact) mass is 339 g/mol. The molecule has 0 aromatic heterocycles. The van der Waals surface area contributed by atoms with Crippen LogP contribution in [-0.4, -0.2) is 14.2 Å². The minimum atomic E-state index is -0.292. The van der Waals surface area contributed by atoms with Crippen molar-refractivity contribution < 1.29 is 13.9 Å². The van der Waals surface area contributed by atoms with Crippen LogP contribution in [0.15, 0.2) is 40.9 Å². The average Bonchev–Trinajstić information content (AvgIpc) is 2.46. The number of rotatable bonds is 5. The molecule has 106 valence electrons. The van der Waals surface area contributed by atoms with Gasteiger partial charge in [-0.25, -0.2) is 4.39 Å². The van der Waals surface area contributed by atoms with E-state index in [9.17, 15) is 4.39 Å². The minimum absolute atomic E-state index is 0.292. The Bertz CT molecular complexity index is 604. The van der Waals surface area contributed by atoms with E-state index < -0.39 is 0 Å². The maximum absolute atomic E-state index is 13.7. The fourth-order valence-electron chi connectivity index (χ4n) is 1.82. The molecule has 0 aliphatic rings. The van der Waals surface area contributed by atoms with Crippen LogP contribution in [0.25, 0.3) is 0 Å². The van der Waals surface area contributed by atoms with E-state index in [1.165, 1.54) is 6.07 Å². The Labute approximate surface area is 125 Å². The number of anilines is 1. The Kier molecular flexibility index (Phi) is 4.84. The summed E-state index contributed by atoms with van der Waals surface area (Å²) in [5, 5.41) is 3.05. The molecule has 0 fully saturated rings. The van der Waals surface area contributed by atoms with Crippen LogP contribution in [0.3, 0.4) is 0 Å². The van der Waals surface area contributed by atoms with Gasteiger partial charge in [-0.3, -0.25) is 0 Å². The molecule has 0 bridgehead atoms. The lowest BCUT2D eigenvalue weighted by atomic mass is 10.2. The Hall–Kier alpha value is -1.75. The van der Waals surface area contributed by atoms with Gasteiger partial charge in [0.2, 0.25) is 0 Å². The second-order valence-electron chi connectivity index (χ2n) is 4.17. The van der Waals surface area contributed by atoms with Crippen LogP contribution >= 0.6 is 15.9 Å². The first-order valence-corrected chi connectivity index (χ1v) is 6.83. The molecular weight excluding hydrogens is 325 g/mol. The first kappa shape index (κ1) is 14.7. The summed E-state index contributed by atoms with van der Waals surface area (Å²) in [6.45, 7) is 0.499. The summed E-state index contributed by atoms with van der Waals surface area (Å²) in [6, 6.07) is 10.5. The molecule has 5 heteroatoms. The number of hydrogen-bond acceptors (Lipinski definition) is 3. The molecule has 0 saturated carbocycles. The Balaban J connectivity index is 2.10. The van der Waals surface area contributed by atoms with Crippen molar-refractivity contribution in [1.82, 2.24) is 0 Å². The second-order valence-corrected chi connectivity index (χ2v) is 5.08. The van der Waals surface area contributed by atoms with E-state index in [2.05, 4.69) is 21.2 Å². The molecule has 0 atom stereocenters. The maximum Gasteiger partial charge on any atom is 0.161 e. The van der Waals surface area contributed by atoms with Crippen molar-refractivity contribution in [2.45, 2.75) is 6.54 Å². The molecule has 2 rings (SSSR count). The summed E-state index contributed by atoms with van der Waals surface area (Å²) in [7, 11) is 3.18. The number of benzene rings is 2. The molecule has 0 amide bonds. The van der Waals surface area contributed by atoms with E-state index in [1.807, 2.05) is 18.2 Å². The Morgan fingerprint density at radius 2 is 1.80 bits per heavy atom. The van der Waals surface area contributed by atoms with Crippen LogP contribution in [-0.2, 0) is 6.54 Å². The lowest BCUT2D eigenvalue weighted by Crippen LogP contribution is -2.02. The summed E-state index contributed by atoms with van der Waals surface area (Å²) in [5.41, 5.74) is 1.44. The zero-order valence-electron chi connectivity index (χ0n) is 11.2. The third-order valence-electron chi connectivity index (χ3n) is 2.86. The van der Waals surface area contributed by atoms with Crippen LogP contribution in [0.2, 0.25) is 0 Å². The van der Waals surface area contributed by atoms with Gasteiger partial charge in [0.1, 0.15) is 5.82 Å². The van der Waals surface area contributed by atoms with Crippen LogP contribution in [0.4, 0.5) is 10.1 Å². The highest BCUT2D eigenvalue weighted by Crippen LogP contribution is 2.28. The summed E-state index contributed by atoms with van der Waals surface area (Å²) in [6.07, 6.45) is 0. The lowest BCUT2D eigenvalue weighted by Gasteiger charge is -2.11. The van der Waals surface area contributed by atoms with Crippen molar-refractivity contribution in [3.8, 4) is 11.5 Å². The third-order valence-corrected chi connectivity index (χ3v) is 3.36. The molecule has 0 saturated heterocycles. The zero-order chi connectivity index (χ0) is 14.5. The van der Waals surface area contributed by atoms with Gasteiger partial charge in [0, 0.05) is 11.0 Å². The lowest BCUT2D eigenvalue weighted by molar-refractivity contribution is 0.354. The smallest absolute Gasteiger partial charge is 0.161 e. The van der Waals surface area contributed by atoms with Gasteiger partial charge in [0.15, 0.2) is 11.5 Å². The number of ether oxygens (including phenoxy) is 2. The third kappa shape index (κ3) is 3.42. The summed E-state index contributed by atoms with van der Waals surface area (Å²) in [5.74, 6) is 1.04. The number of methoxy groups -OCH3 is 2. The molecule has 1 N–H and O–H groups in total. The van der Waals surface area contributed by atoms with Gasteiger partial charge in [-0.15, -0.1) is 0 Å². The van der Waals surface area contributed by atoms with E-state index in [4.69, 9.17) is 9.47 Å². The van der Waals surface area contributed by atoms with Crippen molar-refractivity contribution in [3.63, 3.8) is 0 Å². The zero-order valence-corrected chi connectivity index (χ0v) is 12.8. The number of halogens is 2. The summed E-state index contributed by atoms with van der Waals surface area (Å²) < 4.78 is 24.8. The van der Waals surface area contributed by atoms with Crippen LogP contribution in [0, 0.1) is 5.82 Å². The van der Waals surface area contributed by atoms with Crippen molar-refractivity contribution in [3.05, 3.63) is 52.3 Å². The minimum Gasteiger partial charge on any atom is -0.493 e. The second kappa shape index (κ2) is 6.61. The van der Waals surface area contributed by atoms with E-state index >= 15 is 0 Å². The van der Waals surface area contributed by atoms with Gasteiger partial charge in [-0.1, -0.05) is 22.0 Å². The van der Waals surface area contributed by atoms with Gasteiger partial charge < -0.3 is 14.8 Å². The molecule has 20 heavy (non-hydrogen) atoms. The largest absolute Gasteiger partial charge is 0.493 e. The molecule has 0 spiro atoms. The van der Waals surface area contributed by atoms with Gasteiger partial charge in [0.25, 0.3) is 0 Å². The molecule has 2 aromatic rings. The molecule has 2 aromatic carbocycles. The molecule has 0 unspecified atom stereocenters. The normalized spacial score (nSPS) is 10.2. The predicted octanol–water partition coefficient (Wildman–Crippen LogP) is 4.22. The first-order valence-electron chi connectivity index (χ1n) is 6.04. The van der Waals surface area contributed by atoms with Gasteiger partial charge in [0.05, 0.1) is 19.9 Å². The summed E-state index contributed by atoms with van der Waals surface area (Å²) >= 11 is 3.23. The number of nitrogens with one attached hydrogen (secondary N) is 1. The van der Waals surface area contributed by atoms with Gasteiger partial charge in [-0.05, 0) is 35.9 Å². The molecule has 0 aliphatic carbocycles. The van der Waals surface area contributed by atoms with Crippen LogP contribution < -0.4 is 14.8 Å². The van der Waals surface area contributed by atoms with Gasteiger partial charge >= 0.3 is 0 Å². The van der Waals surface area contributed by atoms with Crippen molar-refractivity contribution in [2.24, 2.45) is 0 Å². The van der Waals surface area contributed by atoms with Gasteiger partial charge in [-0.2, -0.15) is 0 Å². The molecule has 0 aliphatic heterocycles. The predicted molar refractivity (Wildman–Crippen MR) is 81.0 cm³/mol. The average molecular weight is 340 g/mol. The van der Waals surface area contributed by atoms with E-state index in [0.717, 1.165) is 5.56 Å². The fraction of sp³-hybridized carbons (Fsp3) is 0.200. The topological polar surface area (TPSA) is 30.5 Å². The maximum atomic E-state index is 13.7. The van der Waals surface area contributed by atoms with Crippen molar-refractivity contribution >= 4 is 21.6 Å². The van der Waals surface area contributed by atoms with Crippen LogP contribution in [0.5, 0.6) is 11.5 Å². The van der Waals surface area contributed by atoms with E-state index in [1.54, 1.807) is 26.4 Å². The summed E-state index contributed by atoms with van der Waals surface area (Å²) in [4.78, 5) is 0. The number of hydrogen-bond donors (Lipinski definition) is 1. The SMILES string of the molecule is COc1ccc(CNc2ccc(Br)cc2F)cc1OC. The highest BCUT2D eigenvalue weighted by Gasteiger charge is 2.06. The van der Waals surface area contributed by atoms with Crippen molar-refractivity contribution in [1.29, 1.82) is 0 Å². The Morgan fingerprint density at radius 1 is 1.05 bits per heavy atom. The van der Waals surface area contributed by atoms with E-state index in [-0.39, 0.29) is 5.82 Å². The highest BCUT2D eigenvalue weighted by atomic mass is 79.9. The molecule has 0 radical (unpaired) electrons.